The quantitative estimate of drug-likeness (QED) is 0.847. The van der Waals surface area contributed by atoms with E-state index in [1.807, 2.05) is 55.5 Å². The number of nitrogens with one attached hydrogen (secondary N) is 1. The molecule has 25 heavy (non-hydrogen) atoms. The average molecular weight is 339 g/mol. The highest BCUT2D eigenvalue weighted by atomic mass is 16.5. The lowest BCUT2D eigenvalue weighted by Crippen LogP contribution is -2.29. The standard InChI is InChI=1S/C20H21NO4/c1-12(21-19(22)16-11-17(16)20(23)24)13-7-9-14(10-8-13)15-5-3-4-6-18(15)25-2/h3-10,12,16-17H,11H2,1-2H3,(H,21,22)(H,23,24). The van der Waals surface area contributed by atoms with Gasteiger partial charge >= 0.3 is 5.97 Å². The van der Waals surface area contributed by atoms with Crippen molar-refractivity contribution in [3.8, 4) is 16.9 Å². The molecule has 1 aliphatic rings. The van der Waals surface area contributed by atoms with E-state index in [0.29, 0.717) is 6.42 Å². The minimum Gasteiger partial charge on any atom is -0.496 e. The van der Waals surface area contributed by atoms with Gasteiger partial charge in [0.2, 0.25) is 5.91 Å². The van der Waals surface area contributed by atoms with Crippen LogP contribution in [0.5, 0.6) is 5.75 Å². The van der Waals surface area contributed by atoms with Crippen LogP contribution in [0.3, 0.4) is 0 Å². The van der Waals surface area contributed by atoms with Gasteiger partial charge in [-0.1, -0.05) is 42.5 Å². The summed E-state index contributed by atoms with van der Waals surface area (Å²) >= 11 is 0. The second-order valence-corrected chi connectivity index (χ2v) is 6.34. The van der Waals surface area contributed by atoms with E-state index in [1.54, 1.807) is 7.11 Å². The molecule has 3 atom stereocenters. The monoisotopic (exact) mass is 339 g/mol. The fourth-order valence-corrected chi connectivity index (χ4v) is 3.00. The second-order valence-electron chi connectivity index (χ2n) is 6.34. The van der Waals surface area contributed by atoms with E-state index in [9.17, 15) is 9.59 Å². The normalized spacial score (nSPS) is 19.8. The summed E-state index contributed by atoms with van der Waals surface area (Å²) in [7, 11) is 1.65. The second kappa shape index (κ2) is 6.97. The van der Waals surface area contributed by atoms with E-state index in [4.69, 9.17) is 9.84 Å². The number of carboxylic acid groups (broad SMARTS) is 1. The lowest BCUT2D eigenvalue weighted by molar-refractivity contribution is -0.140. The fourth-order valence-electron chi connectivity index (χ4n) is 3.00. The molecule has 0 aliphatic heterocycles. The Labute approximate surface area is 146 Å². The Bertz CT molecular complexity index is 785. The van der Waals surface area contributed by atoms with E-state index < -0.39 is 17.8 Å². The lowest BCUT2D eigenvalue weighted by atomic mass is 10.0. The molecule has 130 valence electrons. The molecule has 1 amide bonds. The zero-order valence-electron chi connectivity index (χ0n) is 14.2. The van der Waals surface area contributed by atoms with E-state index in [1.165, 1.54) is 0 Å². The average Bonchev–Trinajstić information content (AvgIpc) is 3.43. The fraction of sp³-hybridized carbons (Fsp3) is 0.300. The summed E-state index contributed by atoms with van der Waals surface area (Å²) < 4.78 is 5.39. The number of rotatable bonds is 6. The minimum absolute atomic E-state index is 0.172. The van der Waals surface area contributed by atoms with Gasteiger partial charge in [0.05, 0.1) is 25.0 Å². The molecule has 0 saturated heterocycles. The van der Waals surface area contributed by atoms with Crippen molar-refractivity contribution in [1.29, 1.82) is 0 Å². The molecule has 2 aromatic carbocycles. The zero-order chi connectivity index (χ0) is 18.0. The highest BCUT2D eigenvalue weighted by molar-refractivity contribution is 5.89. The molecule has 1 aliphatic carbocycles. The summed E-state index contributed by atoms with van der Waals surface area (Å²) in [5.74, 6) is -1.19. The zero-order valence-corrected chi connectivity index (χ0v) is 14.2. The van der Waals surface area contributed by atoms with Crippen molar-refractivity contribution < 1.29 is 19.4 Å². The van der Waals surface area contributed by atoms with Gasteiger partial charge in [-0.3, -0.25) is 9.59 Å². The number of para-hydroxylation sites is 1. The molecule has 0 heterocycles. The van der Waals surface area contributed by atoms with E-state index in [0.717, 1.165) is 22.4 Å². The van der Waals surface area contributed by atoms with Gasteiger partial charge in [-0.15, -0.1) is 0 Å². The largest absolute Gasteiger partial charge is 0.496 e. The molecule has 1 saturated carbocycles. The van der Waals surface area contributed by atoms with Crippen LogP contribution in [0.1, 0.15) is 24.9 Å². The van der Waals surface area contributed by atoms with Crippen LogP contribution in [-0.2, 0) is 9.59 Å². The smallest absolute Gasteiger partial charge is 0.307 e. The van der Waals surface area contributed by atoms with Gasteiger partial charge < -0.3 is 15.2 Å². The summed E-state index contributed by atoms with van der Waals surface area (Å²) in [5, 5.41) is 11.8. The topological polar surface area (TPSA) is 75.6 Å². The molecule has 1 fully saturated rings. The van der Waals surface area contributed by atoms with Crippen LogP contribution in [0.15, 0.2) is 48.5 Å². The molecule has 3 rings (SSSR count). The molecule has 5 nitrogen and oxygen atoms in total. The number of methoxy groups -OCH3 is 1. The van der Waals surface area contributed by atoms with Crippen molar-refractivity contribution in [1.82, 2.24) is 5.32 Å². The number of amides is 1. The molecule has 0 spiro atoms. The third-order valence-corrected chi connectivity index (χ3v) is 4.63. The Morgan fingerprint density at radius 3 is 2.40 bits per heavy atom. The van der Waals surface area contributed by atoms with Crippen molar-refractivity contribution in [2.24, 2.45) is 11.8 Å². The predicted molar refractivity (Wildman–Crippen MR) is 94.2 cm³/mol. The Morgan fingerprint density at radius 1 is 1.12 bits per heavy atom. The van der Waals surface area contributed by atoms with Crippen LogP contribution in [0.2, 0.25) is 0 Å². The van der Waals surface area contributed by atoms with E-state index in [-0.39, 0.29) is 11.9 Å². The number of ether oxygens (including phenoxy) is 1. The van der Waals surface area contributed by atoms with Crippen molar-refractivity contribution in [3.63, 3.8) is 0 Å². The van der Waals surface area contributed by atoms with E-state index >= 15 is 0 Å². The Hall–Kier alpha value is -2.82. The van der Waals surface area contributed by atoms with Gasteiger partial charge in [0.25, 0.3) is 0 Å². The number of carbonyl (C=O) groups excluding carboxylic acids is 1. The maximum Gasteiger partial charge on any atom is 0.307 e. The molecule has 2 N–H and O–H groups in total. The first-order chi connectivity index (χ1) is 12.0. The lowest BCUT2D eigenvalue weighted by Gasteiger charge is -2.15. The van der Waals surface area contributed by atoms with Gasteiger partial charge in [0, 0.05) is 5.56 Å². The SMILES string of the molecule is COc1ccccc1-c1ccc(C(C)NC(=O)C2CC2C(=O)O)cc1. The minimum atomic E-state index is -0.894. The molecular weight excluding hydrogens is 318 g/mol. The van der Waals surface area contributed by atoms with Crippen LogP contribution in [0, 0.1) is 11.8 Å². The van der Waals surface area contributed by atoms with Gasteiger partial charge in [-0.25, -0.2) is 0 Å². The molecule has 3 unspecified atom stereocenters. The summed E-state index contributed by atoms with van der Waals surface area (Å²) in [6.07, 6.45) is 0.431. The number of carboxylic acids is 1. The number of benzene rings is 2. The first-order valence-electron chi connectivity index (χ1n) is 8.27. The van der Waals surface area contributed by atoms with E-state index in [2.05, 4.69) is 5.32 Å². The Kier molecular flexibility index (Phi) is 4.74. The third-order valence-electron chi connectivity index (χ3n) is 4.63. The van der Waals surface area contributed by atoms with Crippen LogP contribution in [0.4, 0.5) is 0 Å². The molecule has 5 heteroatoms. The summed E-state index contributed by atoms with van der Waals surface area (Å²) in [6, 6.07) is 15.6. The third kappa shape index (κ3) is 3.65. The Morgan fingerprint density at radius 2 is 1.80 bits per heavy atom. The van der Waals surface area contributed by atoms with Gasteiger partial charge in [0.15, 0.2) is 0 Å². The van der Waals surface area contributed by atoms with Gasteiger partial charge in [0.1, 0.15) is 5.75 Å². The maximum absolute atomic E-state index is 12.1. The van der Waals surface area contributed by atoms with Crippen molar-refractivity contribution in [2.45, 2.75) is 19.4 Å². The highest BCUT2D eigenvalue weighted by Crippen LogP contribution is 2.39. The van der Waals surface area contributed by atoms with Crippen molar-refractivity contribution in [3.05, 3.63) is 54.1 Å². The maximum atomic E-state index is 12.1. The van der Waals surface area contributed by atoms with Gasteiger partial charge in [-0.05, 0) is 30.5 Å². The molecular formula is C20H21NO4. The molecule has 2 aromatic rings. The highest BCUT2D eigenvalue weighted by Gasteiger charge is 2.48. The summed E-state index contributed by atoms with van der Waals surface area (Å²) in [6.45, 7) is 1.90. The van der Waals surface area contributed by atoms with Gasteiger partial charge in [-0.2, -0.15) is 0 Å². The summed E-state index contributed by atoms with van der Waals surface area (Å²) in [4.78, 5) is 23.0. The van der Waals surface area contributed by atoms with Crippen molar-refractivity contribution in [2.75, 3.05) is 7.11 Å². The van der Waals surface area contributed by atoms with Crippen LogP contribution in [-0.4, -0.2) is 24.1 Å². The Balaban J connectivity index is 1.68. The molecule has 0 radical (unpaired) electrons. The molecule has 0 aromatic heterocycles. The van der Waals surface area contributed by atoms with Crippen molar-refractivity contribution >= 4 is 11.9 Å². The van der Waals surface area contributed by atoms with Crippen LogP contribution >= 0.6 is 0 Å². The van der Waals surface area contributed by atoms with Crippen LogP contribution < -0.4 is 10.1 Å². The number of hydrogen-bond donors (Lipinski definition) is 2. The summed E-state index contributed by atoms with van der Waals surface area (Å²) in [5.41, 5.74) is 3.02. The number of hydrogen-bond acceptors (Lipinski definition) is 3. The molecule has 0 bridgehead atoms. The number of carbonyl (C=O) groups is 2. The first-order valence-corrected chi connectivity index (χ1v) is 8.27. The number of aliphatic carboxylic acids is 1. The van der Waals surface area contributed by atoms with Crippen LogP contribution in [0.25, 0.3) is 11.1 Å². The predicted octanol–water partition coefficient (Wildman–Crippen LogP) is 3.26. The first kappa shape index (κ1) is 17.0.